The van der Waals surface area contributed by atoms with E-state index in [1.165, 1.54) is 135 Å². The van der Waals surface area contributed by atoms with Crippen LogP contribution in [0.15, 0.2) is 36.5 Å². The molecule has 0 aromatic carbocycles. The highest BCUT2D eigenvalue weighted by atomic mass is 16.6. The zero-order valence-corrected chi connectivity index (χ0v) is 37.9. The number of esters is 3. The summed E-state index contributed by atoms with van der Waals surface area (Å²) in [5, 5.41) is 0. The van der Waals surface area contributed by atoms with Crippen molar-refractivity contribution in [3.8, 4) is 0 Å². The molecule has 57 heavy (non-hydrogen) atoms. The van der Waals surface area contributed by atoms with Gasteiger partial charge in [-0.15, -0.1) is 0 Å². The van der Waals surface area contributed by atoms with Gasteiger partial charge in [0.2, 0.25) is 0 Å². The summed E-state index contributed by atoms with van der Waals surface area (Å²) in [4.78, 5) is 37.5. The minimum absolute atomic E-state index is 0.0768. The summed E-state index contributed by atoms with van der Waals surface area (Å²) in [6, 6.07) is 0. The minimum Gasteiger partial charge on any atom is -0.462 e. The number of hydrogen-bond donors (Lipinski definition) is 0. The van der Waals surface area contributed by atoms with Crippen LogP contribution in [0.3, 0.4) is 0 Å². The lowest BCUT2D eigenvalue weighted by molar-refractivity contribution is -0.167. The number of carbonyl (C=O) groups excluding carboxylic acids is 3. The van der Waals surface area contributed by atoms with Crippen molar-refractivity contribution in [2.24, 2.45) is 0 Å². The van der Waals surface area contributed by atoms with E-state index >= 15 is 0 Å². The number of unbranched alkanes of at least 4 members (excludes halogenated alkanes) is 27. The van der Waals surface area contributed by atoms with Crippen molar-refractivity contribution in [1.29, 1.82) is 0 Å². The van der Waals surface area contributed by atoms with Gasteiger partial charge in [-0.25, -0.2) is 0 Å². The summed E-state index contributed by atoms with van der Waals surface area (Å²) in [5.74, 6) is -0.899. The van der Waals surface area contributed by atoms with Gasteiger partial charge in [0.15, 0.2) is 6.10 Å². The third kappa shape index (κ3) is 44.6. The maximum Gasteiger partial charge on any atom is 0.306 e. The molecule has 0 radical (unpaired) electrons. The van der Waals surface area contributed by atoms with Crippen molar-refractivity contribution in [3.05, 3.63) is 36.5 Å². The molecule has 0 aromatic heterocycles. The van der Waals surface area contributed by atoms with Crippen LogP contribution in [-0.4, -0.2) is 37.2 Å². The molecular weight excluding hydrogens is 709 g/mol. The van der Waals surface area contributed by atoms with Crippen LogP contribution in [0.2, 0.25) is 0 Å². The molecule has 0 fully saturated rings. The Balaban J connectivity index is 4.14. The van der Waals surface area contributed by atoms with Gasteiger partial charge in [-0.1, -0.05) is 192 Å². The van der Waals surface area contributed by atoms with Crippen LogP contribution in [0.1, 0.15) is 252 Å². The van der Waals surface area contributed by atoms with E-state index in [-0.39, 0.29) is 31.1 Å². The summed E-state index contributed by atoms with van der Waals surface area (Å²) < 4.78 is 16.6. The van der Waals surface area contributed by atoms with Crippen molar-refractivity contribution < 1.29 is 28.6 Å². The molecule has 6 nitrogen and oxygen atoms in total. The lowest BCUT2D eigenvalue weighted by Gasteiger charge is -2.18. The van der Waals surface area contributed by atoms with Crippen molar-refractivity contribution >= 4 is 17.9 Å². The first-order valence-electron chi connectivity index (χ1n) is 24.5. The van der Waals surface area contributed by atoms with E-state index < -0.39 is 6.10 Å². The molecule has 6 heteroatoms. The lowest BCUT2D eigenvalue weighted by Crippen LogP contribution is -2.30. The number of rotatable bonds is 44. The largest absolute Gasteiger partial charge is 0.462 e. The molecular formula is C51H92O6. The summed E-state index contributed by atoms with van der Waals surface area (Å²) in [7, 11) is 0. The van der Waals surface area contributed by atoms with Gasteiger partial charge in [-0.05, 0) is 77.0 Å². The first-order valence-corrected chi connectivity index (χ1v) is 24.5. The predicted molar refractivity (Wildman–Crippen MR) is 242 cm³/mol. The third-order valence-electron chi connectivity index (χ3n) is 10.6. The smallest absolute Gasteiger partial charge is 0.306 e. The molecule has 332 valence electrons. The normalized spacial score (nSPS) is 12.3. The Labute approximate surface area is 353 Å². The molecule has 1 unspecified atom stereocenters. The van der Waals surface area contributed by atoms with Crippen molar-refractivity contribution in [1.82, 2.24) is 0 Å². The SMILES string of the molecule is CCCCCC/C=C\CCCCCCCC(=O)OC(COC(=O)CCCCCCC)COC(=O)CCCCCCCCCCC/C=C\C/C=C\CCCCCCC. The lowest BCUT2D eigenvalue weighted by atomic mass is 10.1. The van der Waals surface area contributed by atoms with E-state index in [0.717, 1.165) is 77.0 Å². The first-order chi connectivity index (χ1) is 28.0. The van der Waals surface area contributed by atoms with Gasteiger partial charge >= 0.3 is 17.9 Å². The van der Waals surface area contributed by atoms with Crippen LogP contribution in [0, 0.1) is 0 Å². The van der Waals surface area contributed by atoms with E-state index in [2.05, 4.69) is 57.2 Å². The Morgan fingerprint density at radius 3 is 1.00 bits per heavy atom. The van der Waals surface area contributed by atoms with E-state index in [4.69, 9.17) is 14.2 Å². The molecule has 0 heterocycles. The monoisotopic (exact) mass is 801 g/mol. The van der Waals surface area contributed by atoms with E-state index in [0.29, 0.717) is 19.3 Å². The highest BCUT2D eigenvalue weighted by Gasteiger charge is 2.19. The zero-order valence-electron chi connectivity index (χ0n) is 37.9. The first kappa shape index (κ1) is 54.6. The quantitative estimate of drug-likeness (QED) is 0.0264. The van der Waals surface area contributed by atoms with Crippen LogP contribution in [0.5, 0.6) is 0 Å². The van der Waals surface area contributed by atoms with Gasteiger partial charge in [0.05, 0.1) is 0 Å². The molecule has 0 aromatic rings. The summed E-state index contributed by atoms with van der Waals surface area (Å²) >= 11 is 0. The number of allylic oxidation sites excluding steroid dienone is 6. The standard InChI is InChI=1S/C51H92O6/c1-4-7-10-13-15-17-19-21-22-23-24-25-26-27-28-30-31-33-35-38-41-44-50(53)56-47-48(46-55-49(52)43-40-37-12-9-6-3)57-51(54)45-42-39-36-34-32-29-20-18-16-14-11-8-5-2/h18-21,23-24,48H,4-17,22,25-47H2,1-3H3/b20-18-,21-19-,24-23-. The Kier molecular flexibility index (Phi) is 44.4. The Morgan fingerprint density at radius 1 is 0.351 bits per heavy atom. The van der Waals surface area contributed by atoms with Gasteiger partial charge in [0, 0.05) is 19.3 Å². The van der Waals surface area contributed by atoms with Crippen molar-refractivity contribution in [2.75, 3.05) is 13.2 Å². The number of ether oxygens (including phenoxy) is 3. The van der Waals surface area contributed by atoms with Crippen molar-refractivity contribution in [2.45, 2.75) is 258 Å². The fraction of sp³-hybridized carbons (Fsp3) is 0.824. The zero-order chi connectivity index (χ0) is 41.5. The molecule has 0 saturated carbocycles. The summed E-state index contributed by atoms with van der Waals surface area (Å²) in [5.41, 5.74) is 0. The van der Waals surface area contributed by atoms with Gasteiger partial charge in [0.1, 0.15) is 13.2 Å². The second kappa shape index (κ2) is 46.3. The molecule has 0 saturated heterocycles. The molecule has 0 aliphatic rings. The predicted octanol–water partition coefficient (Wildman–Crippen LogP) is 15.8. The van der Waals surface area contributed by atoms with Gasteiger partial charge in [0.25, 0.3) is 0 Å². The second-order valence-corrected chi connectivity index (χ2v) is 16.4. The van der Waals surface area contributed by atoms with E-state index in [1.807, 2.05) is 0 Å². The van der Waals surface area contributed by atoms with Crippen LogP contribution < -0.4 is 0 Å². The fourth-order valence-electron chi connectivity index (χ4n) is 6.88. The summed E-state index contributed by atoms with van der Waals surface area (Å²) in [6.45, 7) is 6.52. The molecule has 0 bridgehead atoms. The molecule has 0 aliphatic carbocycles. The van der Waals surface area contributed by atoms with Gasteiger partial charge in [-0.3, -0.25) is 14.4 Å². The molecule has 0 aliphatic heterocycles. The fourth-order valence-corrected chi connectivity index (χ4v) is 6.88. The maximum absolute atomic E-state index is 12.7. The summed E-state index contributed by atoms with van der Waals surface area (Å²) in [6.07, 6.45) is 53.0. The van der Waals surface area contributed by atoms with E-state index in [9.17, 15) is 14.4 Å². The minimum atomic E-state index is -0.771. The van der Waals surface area contributed by atoms with Crippen molar-refractivity contribution in [3.63, 3.8) is 0 Å². The molecule has 0 spiro atoms. The third-order valence-corrected chi connectivity index (χ3v) is 10.6. The van der Waals surface area contributed by atoms with Crippen LogP contribution in [0.4, 0.5) is 0 Å². The Morgan fingerprint density at radius 2 is 0.632 bits per heavy atom. The highest BCUT2D eigenvalue weighted by Crippen LogP contribution is 2.14. The second-order valence-electron chi connectivity index (χ2n) is 16.4. The Bertz CT molecular complexity index is 969. The molecule has 0 amide bonds. The number of carbonyl (C=O) groups is 3. The number of hydrogen-bond acceptors (Lipinski definition) is 6. The molecule has 0 N–H and O–H groups in total. The topological polar surface area (TPSA) is 78.9 Å². The van der Waals surface area contributed by atoms with Gasteiger partial charge < -0.3 is 14.2 Å². The molecule has 1 atom stereocenters. The maximum atomic E-state index is 12.7. The van der Waals surface area contributed by atoms with Crippen LogP contribution in [-0.2, 0) is 28.6 Å². The van der Waals surface area contributed by atoms with Crippen LogP contribution >= 0.6 is 0 Å². The highest BCUT2D eigenvalue weighted by molar-refractivity contribution is 5.71. The molecule has 0 rings (SSSR count). The van der Waals surface area contributed by atoms with Gasteiger partial charge in [-0.2, -0.15) is 0 Å². The van der Waals surface area contributed by atoms with Crippen LogP contribution in [0.25, 0.3) is 0 Å². The average molecular weight is 801 g/mol. The Hall–Kier alpha value is -2.37. The average Bonchev–Trinajstić information content (AvgIpc) is 3.21. The van der Waals surface area contributed by atoms with E-state index in [1.54, 1.807) is 0 Å².